The average molecular weight is 222 g/mol. The minimum Gasteiger partial charge on any atom is -0.494 e. The van der Waals surface area contributed by atoms with Gasteiger partial charge in [0.25, 0.3) is 0 Å². The van der Waals surface area contributed by atoms with E-state index < -0.39 is 0 Å². The van der Waals surface area contributed by atoms with Crippen LogP contribution in [0.1, 0.15) is 52.2 Å². The van der Waals surface area contributed by atoms with E-state index in [1.165, 1.54) is 24.0 Å². The molecule has 0 saturated carbocycles. The van der Waals surface area contributed by atoms with Crippen LogP contribution in [-0.2, 0) is 12.8 Å². The van der Waals surface area contributed by atoms with E-state index in [1.54, 1.807) is 0 Å². The molecule has 0 unspecified atom stereocenters. The second-order valence-corrected chi connectivity index (χ2v) is 3.48. The maximum Gasteiger partial charge on any atom is 0.122 e. The molecule has 0 bridgehead atoms. The van der Waals surface area contributed by atoms with Gasteiger partial charge in [-0.05, 0) is 37.0 Å². The van der Waals surface area contributed by atoms with E-state index in [0.717, 1.165) is 18.8 Å². The third-order valence-corrected chi connectivity index (χ3v) is 2.34. The smallest absolute Gasteiger partial charge is 0.122 e. The normalized spacial score (nSPS) is 9.31. The van der Waals surface area contributed by atoms with Gasteiger partial charge in [0, 0.05) is 0 Å². The lowest BCUT2D eigenvalue weighted by molar-refractivity contribution is 0.336. The summed E-state index contributed by atoms with van der Waals surface area (Å²) in [6.07, 6.45) is 3.42. The molecule has 0 aliphatic heterocycles. The highest BCUT2D eigenvalue weighted by atomic mass is 16.5. The van der Waals surface area contributed by atoms with Crippen LogP contribution in [0, 0.1) is 0 Å². The number of benzene rings is 1. The fraction of sp³-hybridized carbons (Fsp3) is 0.600. The molecule has 0 heterocycles. The quantitative estimate of drug-likeness (QED) is 0.706. The minimum atomic E-state index is 0.750. The Morgan fingerprint density at radius 1 is 1.06 bits per heavy atom. The van der Waals surface area contributed by atoms with Gasteiger partial charge >= 0.3 is 0 Å². The molecule has 1 rings (SSSR count). The molecule has 0 aliphatic rings. The van der Waals surface area contributed by atoms with Crippen molar-refractivity contribution in [3.63, 3.8) is 0 Å². The summed E-state index contributed by atoms with van der Waals surface area (Å²) in [7, 11) is 0. The van der Waals surface area contributed by atoms with E-state index in [1.807, 2.05) is 20.8 Å². The highest BCUT2D eigenvalue weighted by molar-refractivity contribution is 5.37. The average Bonchev–Trinajstić information content (AvgIpc) is 2.34. The van der Waals surface area contributed by atoms with Crippen LogP contribution in [0.4, 0.5) is 0 Å². The predicted molar refractivity (Wildman–Crippen MR) is 72.3 cm³/mol. The summed E-state index contributed by atoms with van der Waals surface area (Å²) in [5.74, 6) is 1.05. The predicted octanol–water partition coefficient (Wildman–Crippen LogP) is 4.63. The first-order valence-electron chi connectivity index (χ1n) is 6.56. The third-order valence-electron chi connectivity index (χ3n) is 2.34. The third kappa shape index (κ3) is 4.69. The summed E-state index contributed by atoms with van der Waals surface area (Å²) in [4.78, 5) is 0. The fourth-order valence-electron chi connectivity index (χ4n) is 1.65. The maximum absolute atomic E-state index is 5.56. The Morgan fingerprint density at radius 2 is 1.75 bits per heavy atom. The van der Waals surface area contributed by atoms with Crippen LogP contribution in [0.3, 0.4) is 0 Å². The number of hydrogen-bond donors (Lipinski definition) is 0. The summed E-state index contributed by atoms with van der Waals surface area (Å²) < 4.78 is 5.56. The van der Waals surface area contributed by atoms with E-state index in [0.29, 0.717) is 0 Å². The Bertz CT molecular complexity index is 279. The molecule has 92 valence electrons. The van der Waals surface area contributed by atoms with Gasteiger partial charge in [0.1, 0.15) is 5.75 Å². The molecule has 0 aromatic heterocycles. The summed E-state index contributed by atoms with van der Waals surface area (Å²) in [5, 5.41) is 0. The van der Waals surface area contributed by atoms with Crippen molar-refractivity contribution in [3.8, 4) is 5.75 Å². The topological polar surface area (TPSA) is 9.23 Å². The van der Waals surface area contributed by atoms with E-state index in [9.17, 15) is 0 Å². The monoisotopic (exact) mass is 222 g/mol. The van der Waals surface area contributed by atoms with Crippen molar-refractivity contribution in [2.45, 2.75) is 53.9 Å². The van der Waals surface area contributed by atoms with Crippen LogP contribution in [-0.4, -0.2) is 6.61 Å². The van der Waals surface area contributed by atoms with Gasteiger partial charge in [-0.25, -0.2) is 0 Å². The number of hydrogen-bond acceptors (Lipinski definition) is 1. The van der Waals surface area contributed by atoms with Crippen molar-refractivity contribution in [1.82, 2.24) is 0 Å². The van der Waals surface area contributed by atoms with Gasteiger partial charge < -0.3 is 4.74 Å². The van der Waals surface area contributed by atoms with Crippen molar-refractivity contribution in [2.75, 3.05) is 6.61 Å². The lowest BCUT2D eigenvalue weighted by Crippen LogP contribution is -1.97. The van der Waals surface area contributed by atoms with Crippen molar-refractivity contribution >= 4 is 0 Å². The summed E-state index contributed by atoms with van der Waals surface area (Å²) in [6.45, 7) is 11.2. The molecule has 1 heteroatoms. The van der Waals surface area contributed by atoms with E-state index in [-0.39, 0.29) is 0 Å². The first-order valence-corrected chi connectivity index (χ1v) is 6.56. The summed E-state index contributed by atoms with van der Waals surface area (Å²) >= 11 is 0. The molecule has 0 fully saturated rings. The highest BCUT2D eigenvalue weighted by Gasteiger charge is 2.02. The van der Waals surface area contributed by atoms with E-state index in [4.69, 9.17) is 4.74 Å². The van der Waals surface area contributed by atoms with Crippen molar-refractivity contribution < 1.29 is 4.74 Å². The SMILES string of the molecule is CC.CCCc1ccc(OCC)c(CC)c1. The Kier molecular flexibility index (Phi) is 8.69. The largest absolute Gasteiger partial charge is 0.494 e. The van der Waals surface area contributed by atoms with Crippen molar-refractivity contribution in [2.24, 2.45) is 0 Å². The van der Waals surface area contributed by atoms with Gasteiger partial charge in [-0.15, -0.1) is 0 Å². The molecule has 0 amide bonds. The molecule has 0 N–H and O–H groups in total. The molecular weight excluding hydrogens is 196 g/mol. The molecule has 1 nitrogen and oxygen atoms in total. The van der Waals surface area contributed by atoms with Gasteiger partial charge in [0.15, 0.2) is 0 Å². The molecule has 1 aromatic carbocycles. The van der Waals surface area contributed by atoms with Crippen LogP contribution < -0.4 is 4.74 Å². The van der Waals surface area contributed by atoms with Crippen molar-refractivity contribution in [1.29, 1.82) is 0 Å². The molecular formula is C15H26O. The molecule has 0 saturated heterocycles. The molecule has 0 radical (unpaired) electrons. The van der Waals surface area contributed by atoms with Crippen LogP contribution >= 0.6 is 0 Å². The zero-order valence-electron chi connectivity index (χ0n) is 11.5. The molecule has 0 atom stereocenters. The zero-order valence-corrected chi connectivity index (χ0v) is 11.5. The molecule has 16 heavy (non-hydrogen) atoms. The maximum atomic E-state index is 5.56. The standard InChI is InChI=1S/C13H20O.C2H6/c1-4-7-11-8-9-13(14-6-3)12(5-2)10-11;1-2/h8-10H,4-7H2,1-3H3;1-2H3. The second-order valence-electron chi connectivity index (χ2n) is 3.48. The highest BCUT2D eigenvalue weighted by Crippen LogP contribution is 2.21. The number of ether oxygens (including phenoxy) is 1. The van der Waals surface area contributed by atoms with Crippen LogP contribution in [0.5, 0.6) is 5.75 Å². The molecule has 0 spiro atoms. The minimum absolute atomic E-state index is 0.750. The van der Waals surface area contributed by atoms with E-state index >= 15 is 0 Å². The lowest BCUT2D eigenvalue weighted by atomic mass is 10.0. The molecule has 1 aromatic rings. The van der Waals surface area contributed by atoms with Crippen molar-refractivity contribution in [3.05, 3.63) is 29.3 Å². The first-order chi connectivity index (χ1) is 7.81. The Hall–Kier alpha value is -0.980. The van der Waals surface area contributed by atoms with Crippen LogP contribution in [0.25, 0.3) is 0 Å². The lowest BCUT2D eigenvalue weighted by Gasteiger charge is -2.10. The fourth-order valence-corrected chi connectivity index (χ4v) is 1.65. The van der Waals surface area contributed by atoms with Gasteiger partial charge in [0.05, 0.1) is 6.61 Å². The summed E-state index contributed by atoms with van der Waals surface area (Å²) in [6, 6.07) is 6.55. The summed E-state index contributed by atoms with van der Waals surface area (Å²) in [5.41, 5.74) is 2.76. The number of rotatable bonds is 5. The van der Waals surface area contributed by atoms with Gasteiger partial charge in [-0.2, -0.15) is 0 Å². The van der Waals surface area contributed by atoms with Crippen LogP contribution in [0.15, 0.2) is 18.2 Å². The van der Waals surface area contributed by atoms with Gasteiger partial charge in [-0.1, -0.05) is 46.2 Å². The Labute approximate surface area is 101 Å². The number of aryl methyl sites for hydroxylation is 2. The van der Waals surface area contributed by atoms with Gasteiger partial charge in [-0.3, -0.25) is 0 Å². The molecule has 0 aliphatic carbocycles. The Balaban J connectivity index is 0.00000106. The van der Waals surface area contributed by atoms with E-state index in [2.05, 4.69) is 32.0 Å². The van der Waals surface area contributed by atoms with Crippen LogP contribution in [0.2, 0.25) is 0 Å². The Morgan fingerprint density at radius 3 is 2.25 bits per heavy atom. The first kappa shape index (κ1) is 15.0. The van der Waals surface area contributed by atoms with Gasteiger partial charge in [0.2, 0.25) is 0 Å². The second kappa shape index (κ2) is 9.26. The zero-order chi connectivity index (χ0) is 12.4.